The molecule has 2 atom stereocenters. The molecule has 86 valence electrons. The summed E-state index contributed by atoms with van der Waals surface area (Å²) in [6.07, 6.45) is 3.86. The van der Waals surface area contributed by atoms with Crippen molar-refractivity contribution in [2.24, 2.45) is 0 Å². The maximum atomic E-state index is 6.06. The van der Waals surface area contributed by atoms with Crippen molar-refractivity contribution in [2.45, 2.75) is 31.3 Å². The molecule has 2 unspecified atom stereocenters. The minimum atomic E-state index is 0.673. The van der Waals surface area contributed by atoms with Crippen LogP contribution in [0.3, 0.4) is 0 Å². The van der Waals surface area contributed by atoms with E-state index in [2.05, 4.69) is 22.3 Å². The zero-order valence-electron chi connectivity index (χ0n) is 9.32. The molecule has 0 bridgehead atoms. The molecule has 2 heterocycles. The highest BCUT2D eigenvalue weighted by molar-refractivity contribution is 6.30. The van der Waals surface area contributed by atoms with E-state index in [1.807, 2.05) is 12.1 Å². The lowest BCUT2D eigenvalue weighted by Crippen LogP contribution is -2.48. The summed E-state index contributed by atoms with van der Waals surface area (Å²) in [6, 6.07) is 9.61. The predicted octanol–water partition coefficient (Wildman–Crippen LogP) is 2.67. The third kappa shape index (κ3) is 1.80. The molecule has 1 aromatic carbocycles. The Morgan fingerprint density at radius 2 is 2.25 bits per heavy atom. The normalized spacial score (nSPS) is 29.2. The molecule has 0 aliphatic carbocycles. The predicted molar refractivity (Wildman–Crippen MR) is 68.2 cm³/mol. The van der Waals surface area contributed by atoms with E-state index in [-0.39, 0.29) is 0 Å². The van der Waals surface area contributed by atoms with E-state index in [9.17, 15) is 0 Å². The van der Waals surface area contributed by atoms with E-state index in [1.165, 1.54) is 31.5 Å². The summed E-state index contributed by atoms with van der Waals surface area (Å²) in [6.45, 7) is 2.33. The van der Waals surface area contributed by atoms with Crippen LogP contribution < -0.4 is 10.2 Å². The fourth-order valence-corrected chi connectivity index (χ4v) is 3.23. The van der Waals surface area contributed by atoms with Crippen LogP contribution in [0.1, 0.15) is 19.3 Å². The molecule has 0 radical (unpaired) electrons. The lowest BCUT2D eigenvalue weighted by Gasteiger charge is -2.39. The van der Waals surface area contributed by atoms with E-state index in [0.29, 0.717) is 12.1 Å². The van der Waals surface area contributed by atoms with Crippen molar-refractivity contribution < 1.29 is 0 Å². The number of hydrogen-bond donors (Lipinski definition) is 1. The minimum Gasteiger partial charge on any atom is -0.367 e. The summed E-state index contributed by atoms with van der Waals surface area (Å²) in [5, 5.41) is 4.44. The van der Waals surface area contributed by atoms with Crippen molar-refractivity contribution in [2.75, 3.05) is 18.0 Å². The summed E-state index contributed by atoms with van der Waals surface area (Å²) >= 11 is 6.06. The fourth-order valence-electron chi connectivity index (χ4n) is 3.04. The van der Waals surface area contributed by atoms with Gasteiger partial charge in [0.15, 0.2) is 0 Å². The van der Waals surface area contributed by atoms with Crippen LogP contribution in [0.15, 0.2) is 24.3 Å². The number of benzene rings is 1. The summed E-state index contributed by atoms with van der Waals surface area (Å²) in [5.41, 5.74) is 1.28. The molecular formula is C13H17ClN2. The molecule has 0 amide bonds. The van der Waals surface area contributed by atoms with Crippen LogP contribution in [0.5, 0.6) is 0 Å². The Morgan fingerprint density at radius 1 is 1.31 bits per heavy atom. The maximum Gasteiger partial charge on any atom is 0.0455 e. The Balaban J connectivity index is 1.88. The molecule has 0 aromatic heterocycles. The zero-order valence-corrected chi connectivity index (χ0v) is 10.1. The van der Waals surface area contributed by atoms with Crippen molar-refractivity contribution in [3.05, 3.63) is 29.3 Å². The third-order valence-electron chi connectivity index (χ3n) is 3.77. The topological polar surface area (TPSA) is 15.3 Å². The highest BCUT2D eigenvalue weighted by Crippen LogP contribution is 2.30. The number of nitrogens with zero attached hydrogens (tertiary/aromatic N) is 1. The van der Waals surface area contributed by atoms with Gasteiger partial charge in [0, 0.05) is 29.3 Å². The molecule has 1 N–H and O–H groups in total. The van der Waals surface area contributed by atoms with Gasteiger partial charge in [-0.3, -0.25) is 0 Å². The van der Waals surface area contributed by atoms with Crippen molar-refractivity contribution in [1.82, 2.24) is 5.32 Å². The van der Waals surface area contributed by atoms with Gasteiger partial charge in [0.1, 0.15) is 0 Å². The summed E-state index contributed by atoms with van der Waals surface area (Å²) in [5.74, 6) is 0. The van der Waals surface area contributed by atoms with Crippen molar-refractivity contribution >= 4 is 17.3 Å². The summed E-state index contributed by atoms with van der Waals surface area (Å²) < 4.78 is 0. The van der Waals surface area contributed by atoms with Crippen LogP contribution in [0.25, 0.3) is 0 Å². The number of anilines is 1. The van der Waals surface area contributed by atoms with Gasteiger partial charge in [-0.1, -0.05) is 17.7 Å². The van der Waals surface area contributed by atoms with E-state index < -0.39 is 0 Å². The van der Waals surface area contributed by atoms with Gasteiger partial charge in [-0.2, -0.15) is 0 Å². The van der Waals surface area contributed by atoms with Crippen LogP contribution in [-0.2, 0) is 0 Å². The maximum absolute atomic E-state index is 6.06. The number of fused-ring (bicyclic) bond motifs is 1. The minimum absolute atomic E-state index is 0.673. The Bertz CT molecular complexity index is 380. The van der Waals surface area contributed by atoms with Crippen LogP contribution in [0, 0.1) is 0 Å². The highest BCUT2D eigenvalue weighted by atomic mass is 35.5. The van der Waals surface area contributed by atoms with Gasteiger partial charge in [-0.15, -0.1) is 0 Å². The molecule has 2 aliphatic rings. The van der Waals surface area contributed by atoms with E-state index in [0.717, 1.165) is 11.6 Å². The molecule has 2 aliphatic heterocycles. The molecule has 0 spiro atoms. The van der Waals surface area contributed by atoms with Gasteiger partial charge in [-0.05, 0) is 44.0 Å². The van der Waals surface area contributed by atoms with Crippen LogP contribution in [-0.4, -0.2) is 25.2 Å². The zero-order chi connectivity index (χ0) is 11.0. The molecular weight excluding hydrogens is 220 g/mol. The van der Waals surface area contributed by atoms with Crippen LogP contribution in [0.4, 0.5) is 5.69 Å². The average Bonchev–Trinajstić information content (AvgIpc) is 2.76. The van der Waals surface area contributed by atoms with Crippen LogP contribution in [0.2, 0.25) is 5.02 Å². The molecule has 16 heavy (non-hydrogen) atoms. The van der Waals surface area contributed by atoms with Gasteiger partial charge in [0.2, 0.25) is 0 Å². The second-order valence-corrected chi connectivity index (χ2v) is 5.17. The molecule has 2 saturated heterocycles. The summed E-state index contributed by atoms with van der Waals surface area (Å²) in [4.78, 5) is 2.53. The first-order valence-corrected chi connectivity index (χ1v) is 6.48. The number of halogens is 1. The second-order valence-electron chi connectivity index (χ2n) is 4.73. The van der Waals surface area contributed by atoms with Crippen LogP contribution >= 0.6 is 11.6 Å². The van der Waals surface area contributed by atoms with Crippen molar-refractivity contribution in [3.63, 3.8) is 0 Å². The van der Waals surface area contributed by atoms with Gasteiger partial charge in [-0.25, -0.2) is 0 Å². The van der Waals surface area contributed by atoms with Crippen molar-refractivity contribution in [3.8, 4) is 0 Å². The van der Waals surface area contributed by atoms with Gasteiger partial charge >= 0.3 is 0 Å². The molecule has 3 heteroatoms. The SMILES string of the molecule is Clc1cccc(N2CCCC3NCCC32)c1. The number of hydrogen-bond acceptors (Lipinski definition) is 2. The highest BCUT2D eigenvalue weighted by Gasteiger charge is 2.34. The fraction of sp³-hybridized carbons (Fsp3) is 0.538. The van der Waals surface area contributed by atoms with Crippen molar-refractivity contribution in [1.29, 1.82) is 0 Å². The molecule has 2 fully saturated rings. The lowest BCUT2D eigenvalue weighted by atomic mass is 9.97. The number of rotatable bonds is 1. The largest absolute Gasteiger partial charge is 0.367 e. The van der Waals surface area contributed by atoms with Gasteiger partial charge < -0.3 is 10.2 Å². The summed E-state index contributed by atoms with van der Waals surface area (Å²) in [7, 11) is 0. The smallest absolute Gasteiger partial charge is 0.0455 e. The van der Waals surface area contributed by atoms with E-state index in [1.54, 1.807) is 0 Å². The first-order chi connectivity index (χ1) is 7.84. The number of nitrogens with one attached hydrogen (secondary N) is 1. The van der Waals surface area contributed by atoms with Gasteiger partial charge in [0.05, 0.1) is 0 Å². The molecule has 1 aromatic rings. The molecule has 3 rings (SSSR count). The first-order valence-electron chi connectivity index (χ1n) is 6.10. The molecule has 2 nitrogen and oxygen atoms in total. The average molecular weight is 237 g/mol. The second kappa shape index (κ2) is 4.27. The Hall–Kier alpha value is -0.730. The quantitative estimate of drug-likeness (QED) is 0.807. The first kappa shape index (κ1) is 10.4. The van der Waals surface area contributed by atoms with E-state index in [4.69, 9.17) is 11.6 Å². The van der Waals surface area contributed by atoms with E-state index >= 15 is 0 Å². The molecule has 0 saturated carbocycles. The number of piperidine rings is 1. The Morgan fingerprint density at radius 3 is 3.12 bits per heavy atom. The Kier molecular flexibility index (Phi) is 2.78. The Labute approximate surface area is 102 Å². The standard InChI is InChI=1S/C13H17ClN2/c14-10-3-1-4-11(9-10)16-8-2-5-12-13(16)6-7-15-12/h1,3-4,9,12-13,15H,2,5-8H2. The lowest BCUT2D eigenvalue weighted by molar-refractivity contribution is 0.412. The van der Waals surface area contributed by atoms with Gasteiger partial charge in [0.25, 0.3) is 0 Å². The monoisotopic (exact) mass is 236 g/mol. The third-order valence-corrected chi connectivity index (χ3v) is 4.00.